The summed E-state index contributed by atoms with van der Waals surface area (Å²) in [5.41, 5.74) is 2.57. The summed E-state index contributed by atoms with van der Waals surface area (Å²) in [5, 5.41) is 4.82. The fourth-order valence-electron chi connectivity index (χ4n) is 4.41. The second kappa shape index (κ2) is 3.94. The lowest BCUT2D eigenvalue weighted by Crippen LogP contribution is -2.52. The van der Waals surface area contributed by atoms with Crippen molar-refractivity contribution in [3.8, 4) is 0 Å². The predicted molar refractivity (Wildman–Crippen MR) is 75.1 cm³/mol. The summed E-state index contributed by atoms with van der Waals surface area (Å²) in [6.45, 7) is 9.66. The van der Waals surface area contributed by atoms with Gasteiger partial charge in [0.25, 0.3) is 0 Å². The number of hydrogen-bond acceptors (Lipinski definition) is 2. The van der Waals surface area contributed by atoms with Crippen LogP contribution in [-0.2, 0) is 23.2 Å². The van der Waals surface area contributed by atoms with Crippen LogP contribution in [-0.4, -0.2) is 15.6 Å². The third kappa shape index (κ3) is 1.63. The van der Waals surface area contributed by atoms with E-state index in [1.54, 1.807) is 0 Å². The van der Waals surface area contributed by atoms with E-state index in [9.17, 15) is 4.79 Å². The van der Waals surface area contributed by atoms with E-state index in [-0.39, 0.29) is 10.8 Å². The number of carbonyl (C=O) groups is 1. The minimum absolute atomic E-state index is 0.0887. The highest BCUT2D eigenvalue weighted by molar-refractivity contribution is 5.86. The van der Waals surface area contributed by atoms with Gasteiger partial charge in [0, 0.05) is 30.0 Å². The Morgan fingerprint density at radius 1 is 1.37 bits per heavy atom. The smallest absolute Gasteiger partial charge is 0.138 e. The first-order valence-corrected chi connectivity index (χ1v) is 7.49. The van der Waals surface area contributed by atoms with Gasteiger partial charge in [0.2, 0.25) is 0 Å². The van der Waals surface area contributed by atoms with E-state index in [1.807, 2.05) is 0 Å². The van der Waals surface area contributed by atoms with E-state index in [0.717, 1.165) is 25.8 Å². The molecule has 19 heavy (non-hydrogen) atoms. The normalized spacial score (nSPS) is 32.8. The number of rotatable bonds is 1. The van der Waals surface area contributed by atoms with E-state index < -0.39 is 0 Å². The van der Waals surface area contributed by atoms with Crippen LogP contribution >= 0.6 is 0 Å². The van der Waals surface area contributed by atoms with Crippen LogP contribution in [0.4, 0.5) is 0 Å². The molecule has 3 nitrogen and oxygen atoms in total. The van der Waals surface area contributed by atoms with Crippen LogP contribution in [0.25, 0.3) is 0 Å². The van der Waals surface area contributed by atoms with Crippen LogP contribution in [0.5, 0.6) is 0 Å². The number of fused-ring (bicyclic) bond motifs is 3. The summed E-state index contributed by atoms with van der Waals surface area (Å²) in [7, 11) is 0. The number of Topliss-reactive ketones (excluding diaryl/α,β-unsaturated/α-hetero) is 1. The Morgan fingerprint density at radius 3 is 2.79 bits per heavy atom. The average Bonchev–Trinajstić information content (AvgIpc) is 2.79. The minimum atomic E-state index is -0.194. The molecular formula is C16H24N2O. The summed E-state index contributed by atoms with van der Waals surface area (Å²) < 4.78 is 2.06. The molecule has 0 aliphatic heterocycles. The van der Waals surface area contributed by atoms with E-state index in [0.29, 0.717) is 18.1 Å². The molecule has 0 N–H and O–H groups in total. The molecule has 0 radical (unpaired) electrons. The van der Waals surface area contributed by atoms with Gasteiger partial charge in [0.05, 0.1) is 5.69 Å². The lowest BCUT2D eigenvalue weighted by Gasteiger charge is -2.51. The molecule has 0 bridgehead atoms. The van der Waals surface area contributed by atoms with Gasteiger partial charge in [-0.3, -0.25) is 9.48 Å². The first-order chi connectivity index (χ1) is 8.89. The number of carbonyl (C=O) groups excluding carboxylic acids is 1. The van der Waals surface area contributed by atoms with Crippen molar-refractivity contribution in [2.45, 2.75) is 65.3 Å². The Labute approximate surface area is 115 Å². The maximum atomic E-state index is 12.3. The van der Waals surface area contributed by atoms with Crippen molar-refractivity contribution in [3.05, 3.63) is 17.5 Å². The van der Waals surface area contributed by atoms with Crippen LogP contribution in [0.1, 0.15) is 58.2 Å². The number of nitrogens with zero attached hydrogens (tertiary/aromatic N) is 2. The van der Waals surface area contributed by atoms with Crippen molar-refractivity contribution in [1.29, 1.82) is 0 Å². The van der Waals surface area contributed by atoms with Crippen molar-refractivity contribution >= 4 is 5.78 Å². The molecule has 3 rings (SSSR count). The average molecular weight is 260 g/mol. The van der Waals surface area contributed by atoms with Gasteiger partial charge < -0.3 is 0 Å². The number of aryl methyl sites for hydroxylation is 2. The lowest BCUT2D eigenvalue weighted by molar-refractivity contribution is -0.137. The number of ketones is 1. The third-order valence-electron chi connectivity index (χ3n) is 5.64. The van der Waals surface area contributed by atoms with Crippen molar-refractivity contribution in [2.24, 2.45) is 11.3 Å². The van der Waals surface area contributed by atoms with Crippen molar-refractivity contribution < 1.29 is 4.79 Å². The molecule has 2 aliphatic carbocycles. The summed E-state index contributed by atoms with van der Waals surface area (Å²) >= 11 is 0. The molecule has 1 heterocycles. The maximum absolute atomic E-state index is 12.3. The fraction of sp³-hybridized carbons (Fsp3) is 0.750. The zero-order valence-corrected chi connectivity index (χ0v) is 12.5. The SMILES string of the molecule is CCn1cc2c(n1)[C@@]1(C)CCC(=O)C(C)(C)[C@@H]1CC2. The highest BCUT2D eigenvalue weighted by Crippen LogP contribution is 2.55. The van der Waals surface area contributed by atoms with Gasteiger partial charge in [-0.05, 0) is 37.7 Å². The Bertz CT molecular complexity index is 529. The molecular weight excluding hydrogens is 236 g/mol. The molecule has 0 spiro atoms. The maximum Gasteiger partial charge on any atom is 0.138 e. The number of aromatic nitrogens is 2. The third-order valence-corrected chi connectivity index (χ3v) is 5.64. The Morgan fingerprint density at radius 2 is 2.11 bits per heavy atom. The zero-order valence-electron chi connectivity index (χ0n) is 12.5. The molecule has 1 aromatic rings. The second-order valence-corrected chi connectivity index (χ2v) is 7.01. The topological polar surface area (TPSA) is 34.9 Å². The molecule has 1 saturated carbocycles. The summed E-state index contributed by atoms with van der Waals surface area (Å²) in [5.74, 6) is 0.877. The highest BCUT2D eigenvalue weighted by atomic mass is 16.1. The van der Waals surface area contributed by atoms with Gasteiger partial charge in [-0.1, -0.05) is 20.8 Å². The standard InChI is InChI=1S/C16H24N2O/c1-5-18-10-11-6-7-12-15(2,3)13(19)8-9-16(12,4)14(11)17-18/h10,12H,5-9H2,1-4H3/t12-,16-/m0/s1. The molecule has 2 atom stereocenters. The van der Waals surface area contributed by atoms with Gasteiger partial charge in [-0.25, -0.2) is 0 Å². The molecule has 3 heteroatoms. The summed E-state index contributed by atoms with van der Waals surface area (Å²) in [4.78, 5) is 12.3. The quantitative estimate of drug-likeness (QED) is 0.777. The minimum Gasteiger partial charge on any atom is -0.299 e. The van der Waals surface area contributed by atoms with Crippen LogP contribution in [0.2, 0.25) is 0 Å². The molecule has 0 amide bonds. The number of hydrogen-bond donors (Lipinski definition) is 0. The highest BCUT2D eigenvalue weighted by Gasteiger charge is 2.54. The van der Waals surface area contributed by atoms with Gasteiger partial charge >= 0.3 is 0 Å². The molecule has 104 valence electrons. The molecule has 0 saturated heterocycles. The van der Waals surface area contributed by atoms with E-state index in [2.05, 4.69) is 38.6 Å². The second-order valence-electron chi connectivity index (χ2n) is 7.01. The monoisotopic (exact) mass is 260 g/mol. The van der Waals surface area contributed by atoms with Crippen LogP contribution in [0.3, 0.4) is 0 Å². The summed E-state index contributed by atoms with van der Waals surface area (Å²) in [6.07, 6.45) is 6.08. The van der Waals surface area contributed by atoms with E-state index in [1.165, 1.54) is 11.3 Å². The largest absolute Gasteiger partial charge is 0.299 e. The van der Waals surface area contributed by atoms with Crippen molar-refractivity contribution in [3.63, 3.8) is 0 Å². The molecule has 0 aromatic carbocycles. The molecule has 2 aliphatic rings. The zero-order chi connectivity index (χ0) is 13.8. The molecule has 1 aromatic heterocycles. The molecule has 0 unspecified atom stereocenters. The molecule has 1 fully saturated rings. The lowest BCUT2D eigenvalue weighted by atomic mass is 9.51. The van der Waals surface area contributed by atoms with Gasteiger partial charge in [-0.2, -0.15) is 5.10 Å². The Kier molecular flexibility index (Phi) is 2.67. The van der Waals surface area contributed by atoms with Gasteiger partial charge in [-0.15, -0.1) is 0 Å². The van der Waals surface area contributed by atoms with Crippen molar-refractivity contribution in [2.75, 3.05) is 0 Å². The fourth-order valence-corrected chi connectivity index (χ4v) is 4.41. The first-order valence-electron chi connectivity index (χ1n) is 7.49. The Balaban J connectivity index is 2.10. The van der Waals surface area contributed by atoms with E-state index >= 15 is 0 Å². The van der Waals surface area contributed by atoms with Gasteiger partial charge in [0.1, 0.15) is 5.78 Å². The van der Waals surface area contributed by atoms with Crippen LogP contribution in [0, 0.1) is 11.3 Å². The van der Waals surface area contributed by atoms with Gasteiger partial charge in [0.15, 0.2) is 0 Å². The predicted octanol–water partition coefficient (Wildman–Crippen LogP) is 3.11. The first kappa shape index (κ1) is 12.9. The van der Waals surface area contributed by atoms with Crippen LogP contribution in [0.15, 0.2) is 6.20 Å². The summed E-state index contributed by atoms with van der Waals surface area (Å²) in [6, 6.07) is 0. The van der Waals surface area contributed by atoms with Crippen molar-refractivity contribution in [1.82, 2.24) is 9.78 Å². The van der Waals surface area contributed by atoms with E-state index in [4.69, 9.17) is 5.10 Å². The van der Waals surface area contributed by atoms with Crippen LogP contribution < -0.4 is 0 Å². The Hall–Kier alpha value is -1.12.